The van der Waals surface area contributed by atoms with E-state index in [1.807, 2.05) is 43.3 Å². The Balaban J connectivity index is 2.69. The Labute approximate surface area is 102 Å². The third-order valence-electron chi connectivity index (χ3n) is 2.62. The monoisotopic (exact) mass is 246 g/mol. The van der Waals surface area contributed by atoms with E-state index in [-0.39, 0.29) is 0 Å². The molecule has 0 aliphatic heterocycles. The summed E-state index contributed by atoms with van der Waals surface area (Å²) in [6.45, 7) is 1.99. The largest absolute Gasteiger partial charge is 0.224 e. The number of hydrogen-bond donors (Lipinski definition) is 0. The van der Waals surface area contributed by atoms with E-state index in [0.29, 0.717) is 4.90 Å². The summed E-state index contributed by atoms with van der Waals surface area (Å²) in [5, 5.41) is 0. The van der Waals surface area contributed by atoms with Crippen LogP contribution < -0.4 is 0 Å². The lowest BCUT2D eigenvalue weighted by Crippen LogP contribution is -1.99. The lowest BCUT2D eigenvalue weighted by atomic mass is 10.0. The lowest BCUT2D eigenvalue weighted by molar-refractivity contribution is 0.602. The molecule has 0 atom stereocenters. The van der Waals surface area contributed by atoms with Gasteiger partial charge >= 0.3 is 0 Å². The van der Waals surface area contributed by atoms with Gasteiger partial charge in [0.05, 0.1) is 4.90 Å². The molecule has 0 spiro atoms. The molecule has 2 aromatic carbocycles. The molecule has 2 nitrogen and oxygen atoms in total. The zero-order valence-corrected chi connectivity index (χ0v) is 10.7. The van der Waals surface area contributed by atoms with Gasteiger partial charge in [-0.25, -0.2) is 8.42 Å². The highest BCUT2D eigenvalue weighted by molar-refractivity contribution is 7.90. The van der Waals surface area contributed by atoms with Crippen molar-refractivity contribution in [1.82, 2.24) is 0 Å². The van der Waals surface area contributed by atoms with Crippen molar-refractivity contribution in [2.45, 2.75) is 11.8 Å². The van der Waals surface area contributed by atoms with Crippen LogP contribution in [0.1, 0.15) is 5.56 Å². The smallest absolute Gasteiger partial charge is 0.176 e. The van der Waals surface area contributed by atoms with E-state index in [1.165, 1.54) is 6.26 Å². The first-order chi connectivity index (χ1) is 7.98. The summed E-state index contributed by atoms with van der Waals surface area (Å²) in [4.78, 5) is 0.380. The molecular weight excluding hydrogens is 232 g/mol. The maximum atomic E-state index is 11.7. The van der Waals surface area contributed by atoms with Crippen LogP contribution in [0.15, 0.2) is 53.4 Å². The third kappa shape index (κ3) is 2.56. The number of hydrogen-bond acceptors (Lipinski definition) is 2. The Morgan fingerprint density at radius 3 is 2.29 bits per heavy atom. The van der Waals surface area contributed by atoms with E-state index in [2.05, 4.69) is 0 Å². The molecule has 0 fully saturated rings. The van der Waals surface area contributed by atoms with Crippen molar-refractivity contribution in [1.29, 1.82) is 0 Å². The number of benzene rings is 2. The van der Waals surface area contributed by atoms with Crippen molar-refractivity contribution in [3.63, 3.8) is 0 Å². The van der Waals surface area contributed by atoms with Crippen LogP contribution in [0, 0.1) is 6.92 Å². The molecule has 17 heavy (non-hydrogen) atoms. The Kier molecular flexibility index (Phi) is 3.03. The average Bonchev–Trinajstić information content (AvgIpc) is 2.28. The van der Waals surface area contributed by atoms with E-state index in [1.54, 1.807) is 12.1 Å². The molecule has 0 aromatic heterocycles. The molecule has 0 aliphatic rings. The zero-order valence-electron chi connectivity index (χ0n) is 9.84. The number of aryl methyl sites for hydroxylation is 1. The molecular formula is C14H14O2S. The van der Waals surface area contributed by atoms with Crippen molar-refractivity contribution in [3.8, 4) is 11.1 Å². The van der Waals surface area contributed by atoms with Crippen molar-refractivity contribution < 1.29 is 8.42 Å². The summed E-state index contributed by atoms with van der Waals surface area (Å²) in [7, 11) is -3.19. The number of rotatable bonds is 2. The van der Waals surface area contributed by atoms with E-state index < -0.39 is 9.84 Å². The Bertz CT molecular complexity index is 643. The first kappa shape index (κ1) is 11.9. The predicted octanol–water partition coefficient (Wildman–Crippen LogP) is 3.07. The van der Waals surface area contributed by atoms with Crippen molar-refractivity contribution in [2.75, 3.05) is 6.26 Å². The van der Waals surface area contributed by atoms with Gasteiger partial charge in [-0.2, -0.15) is 0 Å². The predicted molar refractivity (Wildman–Crippen MR) is 69.7 cm³/mol. The summed E-state index contributed by atoms with van der Waals surface area (Å²) >= 11 is 0. The normalized spacial score (nSPS) is 11.4. The summed E-state index contributed by atoms with van der Waals surface area (Å²) in [6.07, 6.45) is 1.24. The first-order valence-corrected chi connectivity index (χ1v) is 7.24. The van der Waals surface area contributed by atoms with Gasteiger partial charge in [-0.1, -0.05) is 48.0 Å². The van der Waals surface area contributed by atoms with E-state index >= 15 is 0 Å². The Hall–Kier alpha value is -1.61. The fourth-order valence-corrected chi connectivity index (χ4v) is 2.75. The minimum Gasteiger partial charge on any atom is -0.224 e. The van der Waals surface area contributed by atoms with Crippen LogP contribution in [0.5, 0.6) is 0 Å². The third-order valence-corrected chi connectivity index (χ3v) is 3.77. The summed E-state index contributed by atoms with van der Waals surface area (Å²) in [5.41, 5.74) is 2.82. The fraction of sp³-hybridized carbons (Fsp3) is 0.143. The van der Waals surface area contributed by atoms with Gasteiger partial charge in [0.1, 0.15) is 0 Å². The highest BCUT2D eigenvalue weighted by atomic mass is 32.2. The highest BCUT2D eigenvalue weighted by Gasteiger charge is 2.13. The summed E-state index contributed by atoms with van der Waals surface area (Å²) < 4.78 is 23.4. The minimum atomic E-state index is -3.19. The van der Waals surface area contributed by atoms with Crippen molar-refractivity contribution in [3.05, 3.63) is 54.1 Å². The van der Waals surface area contributed by atoms with Gasteiger partial charge in [0.25, 0.3) is 0 Å². The van der Waals surface area contributed by atoms with Crippen LogP contribution in [0.4, 0.5) is 0 Å². The SMILES string of the molecule is Cc1cccc(-c2ccccc2S(C)(=O)=O)c1. The molecule has 88 valence electrons. The molecule has 0 saturated carbocycles. The second-order valence-corrected chi connectivity index (χ2v) is 6.12. The molecule has 0 amide bonds. The standard InChI is InChI=1S/C14H14O2S/c1-11-6-5-7-12(10-11)13-8-3-4-9-14(13)17(2,15)16/h3-10H,1-2H3. The topological polar surface area (TPSA) is 34.1 Å². The molecule has 2 rings (SSSR count). The van der Waals surface area contributed by atoms with Gasteiger partial charge in [-0.15, -0.1) is 0 Å². The van der Waals surface area contributed by atoms with Gasteiger partial charge in [0.2, 0.25) is 0 Å². The Morgan fingerprint density at radius 2 is 1.65 bits per heavy atom. The summed E-state index contributed by atoms with van der Waals surface area (Å²) in [6, 6.07) is 14.9. The van der Waals surface area contributed by atoms with Gasteiger partial charge in [0.15, 0.2) is 9.84 Å². The maximum Gasteiger partial charge on any atom is 0.176 e. The van der Waals surface area contributed by atoms with Crippen LogP contribution >= 0.6 is 0 Å². The van der Waals surface area contributed by atoms with Crippen molar-refractivity contribution >= 4 is 9.84 Å². The van der Waals surface area contributed by atoms with E-state index in [4.69, 9.17) is 0 Å². The molecule has 0 radical (unpaired) electrons. The molecule has 3 heteroatoms. The molecule has 0 N–H and O–H groups in total. The highest BCUT2D eigenvalue weighted by Crippen LogP contribution is 2.27. The van der Waals surface area contributed by atoms with Crippen LogP contribution in [-0.2, 0) is 9.84 Å². The first-order valence-electron chi connectivity index (χ1n) is 5.34. The quantitative estimate of drug-likeness (QED) is 0.816. The van der Waals surface area contributed by atoms with Gasteiger partial charge < -0.3 is 0 Å². The molecule has 0 heterocycles. The number of sulfone groups is 1. The van der Waals surface area contributed by atoms with Gasteiger partial charge in [-0.3, -0.25) is 0 Å². The van der Waals surface area contributed by atoms with Crippen LogP contribution in [0.3, 0.4) is 0 Å². The second kappa shape index (κ2) is 4.34. The van der Waals surface area contributed by atoms with Crippen LogP contribution in [0.25, 0.3) is 11.1 Å². The lowest BCUT2D eigenvalue weighted by Gasteiger charge is -2.08. The summed E-state index contributed by atoms with van der Waals surface area (Å²) in [5.74, 6) is 0. The molecule has 2 aromatic rings. The minimum absolute atomic E-state index is 0.380. The van der Waals surface area contributed by atoms with E-state index in [0.717, 1.165) is 16.7 Å². The second-order valence-electron chi connectivity index (χ2n) is 4.14. The van der Waals surface area contributed by atoms with Gasteiger partial charge in [-0.05, 0) is 18.6 Å². The molecule has 0 aliphatic carbocycles. The van der Waals surface area contributed by atoms with Gasteiger partial charge in [0, 0.05) is 11.8 Å². The Morgan fingerprint density at radius 1 is 0.941 bits per heavy atom. The van der Waals surface area contributed by atoms with Crippen LogP contribution in [-0.4, -0.2) is 14.7 Å². The average molecular weight is 246 g/mol. The van der Waals surface area contributed by atoms with Crippen molar-refractivity contribution in [2.24, 2.45) is 0 Å². The molecule has 0 bridgehead atoms. The molecule has 0 unspecified atom stereocenters. The maximum absolute atomic E-state index is 11.7. The molecule has 0 saturated heterocycles. The zero-order chi connectivity index (χ0) is 12.5. The van der Waals surface area contributed by atoms with Crippen LogP contribution in [0.2, 0.25) is 0 Å². The van der Waals surface area contributed by atoms with E-state index in [9.17, 15) is 8.42 Å². The fourth-order valence-electron chi connectivity index (χ4n) is 1.84.